The fourth-order valence-electron chi connectivity index (χ4n) is 1.85. The van der Waals surface area contributed by atoms with Gasteiger partial charge in [-0.1, -0.05) is 24.3 Å². The van der Waals surface area contributed by atoms with Crippen LogP contribution in [0.2, 0.25) is 0 Å². The maximum Gasteiger partial charge on any atom is 0.168 e. The van der Waals surface area contributed by atoms with Gasteiger partial charge in [-0.2, -0.15) is 0 Å². The highest BCUT2D eigenvalue weighted by Gasteiger charge is 2.12. The number of allylic oxidation sites excluding steroid dienone is 2. The molecular formula is C14H16OS. The molecule has 0 spiro atoms. The first kappa shape index (κ1) is 11.5. The second kappa shape index (κ2) is 5.90. The van der Waals surface area contributed by atoms with E-state index in [1.807, 2.05) is 30.3 Å². The molecule has 2 rings (SSSR count). The molecule has 0 saturated carbocycles. The van der Waals surface area contributed by atoms with Crippen molar-refractivity contribution in [2.24, 2.45) is 0 Å². The van der Waals surface area contributed by atoms with Gasteiger partial charge in [0.25, 0.3) is 0 Å². The Bertz CT molecular complexity index is 381. The van der Waals surface area contributed by atoms with Crippen LogP contribution in [0.3, 0.4) is 0 Å². The summed E-state index contributed by atoms with van der Waals surface area (Å²) in [5.41, 5.74) is 1.05. The summed E-state index contributed by atoms with van der Waals surface area (Å²) in [6.07, 6.45) is 6.60. The number of ketones is 1. The van der Waals surface area contributed by atoms with Crippen molar-refractivity contribution in [2.75, 3.05) is 5.75 Å². The average molecular weight is 232 g/mol. The molecule has 1 aliphatic carbocycles. The first-order valence-electron chi connectivity index (χ1n) is 5.76. The van der Waals surface area contributed by atoms with Crippen molar-refractivity contribution < 1.29 is 4.79 Å². The Morgan fingerprint density at radius 3 is 2.69 bits per heavy atom. The number of Topliss-reactive ketones (excluding diaryl/α,β-unsaturated/α-hetero) is 1. The maximum absolute atomic E-state index is 11.9. The van der Waals surface area contributed by atoms with Crippen molar-refractivity contribution in [3.63, 3.8) is 0 Å². The van der Waals surface area contributed by atoms with Gasteiger partial charge in [-0.3, -0.25) is 4.79 Å². The summed E-state index contributed by atoms with van der Waals surface area (Å²) in [6, 6.07) is 10.1. The van der Waals surface area contributed by atoms with E-state index in [9.17, 15) is 4.79 Å². The van der Waals surface area contributed by atoms with Gasteiger partial charge in [-0.25, -0.2) is 0 Å². The molecule has 0 bridgehead atoms. The Morgan fingerprint density at radius 1 is 1.19 bits per heavy atom. The number of rotatable bonds is 4. The van der Waals surface area contributed by atoms with Gasteiger partial charge in [0.1, 0.15) is 0 Å². The molecule has 1 aromatic rings. The van der Waals surface area contributed by atoms with Crippen molar-refractivity contribution in [2.45, 2.75) is 30.6 Å². The summed E-state index contributed by atoms with van der Waals surface area (Å²) in [6.45, 7) is 0. The molecule has 0 unspecified atom stereocenters. The SMILES string of the molecule is O=C(CSc1ccccc1)C1=CCCCC1. The van der Waals surface area contributed by atoms with Crippen LogP contribution in [-0.4, -0.2) is 11.5 Å². The van der Waals surface area contributed by atoms with E-state index >= 15 is 0 Å². The zero-order chi connectivity index (χ0) is 11.2. The molecule has 0 N–H and O–H groups in total. The fourth-order valence-corrected chi connectivity index (χ4v) is 2.68. The predicted molar refractivity (Wildman–Crippen MR) is 68.7 cm³/mol. The van der Waals surface area contributed by atoms with E-state index in [2.05, 4.69) is 6.08 Å². The van der Waals surface area contributed by atoms with E-state index in [4.69, 9.17) is 0 Å². The van der Waals surface area contributed by atoms with Crippen LogP contribution in [0.25, 0.3) is 0 Å². The monoisotopic (exact) mass is 232 g/mol. The lowest BCUT2D eigenvalue weighted by molar-refractivity contribution is -0.113. The first-order valence-corrected chi connectivity index (χ1v) is 6.75. The molecule has 1 nitrogen and oxygen atoms in total. The third-order valence-electron chi connectivity index (χ3n) is 2.76. The Kier molecular flexibility index (Phi) is 4.23. The minimum absolute atomic E-state index is 0.313. The quantitative estimate of drug-likeness (QED) is 0.733. The molecule has 0 aromatic heterocycles. The Morgan fingerprint density at radius 2 is 2.00 bits per heavy atom. The summed E-state index contributed by atoms with van der Waals surface area (Å²) in [5, 5.41) is 0. The minimum atomic E-state index is 0.313. The van der Waals surface area contributed by atoms with Crippen LogP contribution in [-0.2, 0) is 4.79 Å². The smallest absolute Gasteiger partial charge is 0.168 e. The number of hydrogen-bond donors (Lipinski definition) is 0. The highest BCUT2D eigenvalue weighted by Crippen LogP contribution is 2.22. The fraction of sp³-hybridized carbons (Fsp3) is 0.357. The zero-order valence-corrected chi connectivity index (χ0v) is 10.1. The molecule has 1 aliphatic rings. The van der Waals surface area contributed by atoms with E-state index in [1.165, 1.54) is 17.7 Å². The molecule has 0 heterocycles. The molecule has 2 heteroatoms. The van der Waals surface area contributed by atoms with Gasteiger partial charge in [0.2, 0.25) is 0 Å². The average Bonchev–Trinajstić information content (AvgIpc) is 2.38. The molecule has 84 valence electrons. The molecule has 1 aromatic carbocycles. The summed E-state index contributed by atoms with van der Waals surface area (Å²) in [4.78, 5) is 13.1. The van der Waals surface area contributed by atoms with Crippen LogP contribution < -0.4 is 0 Å². The molecule has 0 amide bonds. The Balaban J connectivity index is 1.86. The summed E-state index contributed by atoms with van der Waals surface area (Å²) < 4.78 is 0. The second-order valence-electron chi connectivity index (χ2n) is 4.00. The third-order valence-corrected chi connectivity index (χ3v) is 3.77. The Hall–Kier alpha value is -1.02. The van der Waals surface area contributed by atoms with Crippen molar-refractivity contribution in [3.8, 4) is 0 Å². The number of carbonyl (C=O) groups is 1. The number of benzene rings is 1. The molecule has 0 aliphatic heterocycles. The molecule has 0 saturated heterocycles. The van der Waals surface area contributed by atoms with Gasteiger partial charge >= 0.3 is 0 Å². The highest BCUT2D eigenvalue weighted by atomic mass is 32.2. The molecule has 0 atom stereocenters. The third kappa shape index (κ3) is 3.24. The van der Waals surface area contributed by atoms with E-state index in [0.29, 0.717) is 11.5 Å². The van der Waals surface area contributed by atoms with E-state index < -0.39 is 0 Å². The lowest BCUT2D eigenvalue weighted by atomic mass is 9.97. The van der Waals surface area contributed by atoms with Crippen molar-refractivity contribution in [3.05, 3.63) is 42.0 Å². The second-order valence-corrected chi connectivity index (χ2v) is 5.05. The minimum Gasteiger partial charge on any atom is -0.294 e. The van der Waals surface area contributed by atoms with Gasteiger partial charge in [0.05, 0.1) is 5.75 Å². The van der Waals surface area contributed by atoms with E-state index in [-0.39, 0.29) is 0 Å². The van der Waals surface area contributed by atoms with Crippen LogP contribution >= 0.6 is 11.8 Å². The van der Waals surface area contributed by atoms with Gasteiger partial charge in [0.15, 0.2) is 5.78 Å². The standard InChI is InChI=1S/C14H16OS/c15-14(12-7-3-1-4-8-12)11-16-13-9-5-2-6-10-13/h2,5-7,9-10H,1,3-4,8,11H2. The molecule has 0 radical (unpaired) electrons. The lowest BCUT2D eigenvalue weighted by Gasteiger charge is -2.11. The van der Waals surface area contributed by atoms with Crippen LogP contribution in [0, 0.1) is 0 Å². The molecule has 16 heavy (non-hydrogen) atoms. The maximum atomic E-state index is 11.9. The van der Waals surface area contributed by atoms with Crippen LogP contribution in [0.15, 0.2) is 46.9 Å². The summed E-state index contributed by atoms with van der Waals surface area (Å²) in [5.74, 6) is 0.893. The van der Waals surface area contributed by atoms with Gasteiger partial charge in [-0.05, 0) is 43.4 Å². The molecular weight excluding hydrogens is 216 g/mol. The van der Waals surface area contributed by atoms with Crippen molar-refractivity contribution in [1.82, 2.24) is 0 Å². The van der Waals surface area contributed by atoms with Gasteiger partial charge in [0, 0.05) is 4.90 Å². The van der Waals surface area contributed by atoms with Crippen LogP contribution in [0.1, 0.15) is 25.7 Å². The van der Waals surface area contributed by atoms with Crippen LogP contribution in [0.4, 0.5) is 0 Å². The lowest BCUT2D eigenvalue weighted by Crippen LogP contribution is -2.08. The Labute approximate surface area is 101 Å². The first-order chi connectivity index (χ1) is 7.86. The van der Waals surface area contributed by atoms with Crippen molar-refractivity contribution in [1.29, 1.82) is 0 Å². The van der Waals surface area contributed by atoms with E-state index in [0.717, 1.165) is 18.4 Å². The predicted octanol–water partition coefficient (Wildman–Crippen LogP) is 3.85. The number of hydrogen-bond acceptors (Lipinski definition) is 2. The summed E-state index contributed by atoms with van der Waals surface area (Å²) in [7, 11) is 0. The number of thioether (sulfide) groups is 1. The van der Waals surface area contributed by atoms with Crippen molar-refractivity contribution >= 4 is 17.5 Å². The van der Waals surface area contributed by atoms with Gasteiger partial charge in [-0.15, -0.1) is 11.8 Å². The molecule has 0 fully saturated rings. The zero-order valence-electron chi connectivity index (χ0n) is 9.32. The van der Waals surface area contributed by atoms with Gasteiger partial charge < -0.3 is 0 Å². The topological polar surface area (TPSA) is 17.1 Å². The summed E-state index contributed by atoms with van der Waals surface area (Å²) >= 11 is 1.63. The number of carbonyl (C=O) groups excluding carboxylic acids is 1. The highest BCUT2D eigenvalue weighted by molar-refractivity contribution is 8.00. The van der Waals surface area contributed by atoms with Crippen LogP contribution in [0.5, 0.6) is 0 Å². The van der Waals surface area contributed by atoms with E-state index in [1.54, 1.807) is 11.8 Å². The largest absolute Gasteiger partial charge is 0.294 e. The normalized spacial score (nSPS) is 15.6.